The van der Waals surface area contributed by atoms with E-state index in [1.54, 1.807) is 0 Å². The number of rotatable bonds is 3. The highest BCUT2D eigenvalue weighted by Crippen LogP contribution is 2.40. The van der Waals surface area contributed by atoms with E-state index in [9.17, 15) is 0 Å². The summed E-state index contributed by atoms with van der Waals surface area (Å²) in [6.45, 7) is 2.04. The summed E-state index contributed by atoms with van der Waals surface area (Å²) < 4.78 is 4.89. The molecule has 8 nitrogen and oxygen atoms in total. The average molecular weight is 311 g/mol. The number of anilines is 1. The number of allylic oxidation sites excluding steroid dienone is 1. The van der Waals surface area contributed by atoms with Crippen LogP contribution in [0.5, 0.6) is 0 Å². The fourth-order valence-electron chi connectivity index (χ4n) is 3.04. The smallest absolute Gasteiger partial charge is 0.156 e. The third-order valence-corrected chi connectivity index (χ3v) is 4.35. The first-order valence-electron chi connectivity index (χ1n) is 7.39. The molecule has 23 heavy (non-hydrogen) atoms. The Hall–Kier alpha value is -2.87. The number of nitrogens with two attached hydrogens (primary N) is 1. The fraction of sp³-hybridized carbons (Fsp3) is 0.267. The van der Waals surface area contributed by atoms with Crippen molar-refractivity contribution < 1.29 is 4.63 Å². The molecule has 1 aromatic carbocycles. The van der Waals surface area contributed by atoms with Crippen LogP contribution in [0.2, 0.25) is 0 Å². The summed E-state index contributed by atoms with van der Waals surface area (Å²) >= 11 is 0. The summed E-state index contributed by atoms with van der Waals surface area (Å²) in [6, 6.07) is 5.85. The number of aromatic nitrogens is 4. The Kier molecular flexibility index (Phi) is 3.05. The molecule has 0 radical (unpaired) electrons. The largest absolute Gasteiger partial charge is 0.400 e. The molecule has 118 valence electrons. The van der Waals surface area contributed by atoms with Gasteiger partial charge >= 0.3 is 0 Å². The number of hydrogen-bond donors (Lipinski definition) is 4. The Morgan fingerprint density at radius 3 is 3.00 bits per heavy atom. The van der Waals surface area contributed by atoms with Gasteiger partial charge in [-0.25, -0.2) is 4.63 Å². The summed E-state index contributed by atoms with van der Waals surface area (Å²) in [7, 11) is 1.89. The molecule has 3 heterocycles. The number of nitrogens with zero attached hydrogens (tertiary/aromatic N) is 3. The van der Waals surface area contributed by atoms with Gasteiger partial charge in [-0.05, 0) is 35.9 Å². The number of nitrogens with one attached hydrogen (secondary N) is 3. The molecule has 4 rings (SSSR count). The lowest BCUT2D eigenvalue weighted by Crippen LogP contribution is -2.34. The minimum Gasteiger partial charge on any atom is -0.400 e. The SMILES string of the molecule is CNC(C)C1=C(N)C(c2cccc3nonc23)c2c[nH]nc2N1. The van der Waals surface area contributed by atoms with Gasteiger partial charge in [-0.3, -0.25) is 5.10 Å². The molecule has 8 heteroatoms. The van der Waals surface area contributed by atoms with Crippen molar-refractivity contribution in [1.82, 2.24) is 25.8 Å². The number of fused-ring (bicyclic) bond motifs is 2. The van der Waals surface area contributed by atoms with E-state index in [4.69, 9.17) is 10.4 Å². The van der Waals surface area contributed by atoms with Gasteiger partial charge in [-0.2, -0.15) is 5.10 Å². The molecule has 2 atom stereocenters. The Morgan fingerprint density at radius 2 is 2.17 bits per heavy atom. The third kappa shape index (κ3) is 1.99. The second-order valence-electron chi connectivity index (χ2n) is 5.61. The molecule has 0 saturated heterocycles. The van der Waals surface area contributed by atoms with E-state index < -0.39 is 0 Å². The van der Waals surface area contributed by atoms with E-state index in [-0.39, 0.29) is 12.0 Å². The van der Waals surface area contributed by atoms with Crippen molar-refractivity contribution in [2.24, 2.45) is 5.73 Å². The first kappa shape index (κ1) is 13.8. The lowest BCUT2D eigenvalue weighted by molar-refractivity contribution is 0.315. The van der Waals surface area contributed by atoms with Crippen LogP contribution < -0.4 is 16.4 Å². The van der Waals surface area contributed by atoms with E-state index in [1.165, 1.54) is 0 Å². The van der Waals surface area contributed by atoms with Crippen molar-refractivity contribution in [3.05, 3.63) is 46.9 Å². The van der Waals surface area contributed by atoms with E-state index in [1.807, 2.05) is 38.4 Å². The maximum Gasteiger partial charge on any atom is 0.156 e. The first-order valence-corrected chi connectivity index (χ1v) is 7.39. The molecule has 3 aromatic rings. The zero-order chi connectivity index (χ0) is 16.0. The lowest BCUT2D eigenvalue weighted by Gasteiger charge is -2.29. The molecular formula is C15H17N7O. The van der Waals surface area contributed by atoms with Crippen LogP contribution in [0, 0.1) is 0 Å². The van der Waals surface area contributed by atoms with Gasteiger partial charge in [0, 0.05) is 23.5 Å². The third-order valence-electron chi connectivity index (χ3n) is 4.35. The minimum atomic E-state index is -0.161. The van der Waals surface area contributed by atoms with Crippen LogP contribution in [0.25, 0.3) is 11.0 Å². The van der Waals surface area contributed by atoms with Crippen LogP contribution in [-0.2, 0) is 0 Å². The summed E-state index contributed by atoms with van der Waals surface area (Å²) in [6.07, 6.45) is 1.85. The number of likely N-dealkylation sites (N-methyl/N-ethyl adjacent to an activating group) is 1. The molecule has 2 unspecified atom stereocenters. The van der Waals surface area contributed by atoms with Gasteiger partial charge in [0.15, 0.2) is 5.82 Å². The molecule has 0 amide bonds. The Bertz CT molecular complexity index is 894. The Balaban J connectivity index is 1.95. The predicted octanol–water partition coefficient (Wildman–Crippen LogP) is 1.28. The van der Waals surface area contributed by atoms with Gasteiger partial charge in [0.05, 0.1) is 11.6 Å². The minimum absolute atomic E-state index is 0.0667. The van der Waals surface area contributed by atoms with Crippen LogP contribution in [0.15, 0.2) is 40.4 Å². The summed E-state index contributed by atoms with van der Waals surface area (Å²) in [5, 5.41) is 21.7. The maximum atomic E-state index is 6.52. The zero-order valence-electron chi connectivity index (χ0n) is 12.8. The number of H-pyrrole nitrogens is 1. The van der Waals surface area contributed by atoms with Crippen LogP contribution in [-0.4, -0.2) is 33.6 Å². The second-order valence-corrected chi connectivity index (χ2v) is 5.61. The predicted molar refractivity (Wildman–Crippen MR) is 85.6 cm³/mol. The van der Waals surface area contributed by atoms with E-state index in [2.05, 4.69) is 31.1 Å². The maximum absolute atomic E-state index is 6.52. The molecule has 5 N–H and O–H groups in total. The van der Waals surface area contributed by atoms with Gasteiger partial charge in [-0.15, -0.1) is 0 Å². The van der Waals surface area contributed by atoms with Crippen LogP contribution in [0.3, 0.4) is 0 Å². The van der Waals surface area contributed by atoms with Gasteiger partial charge in [0.2, 0.25) is 0 Å². The zero-order valence-corrected chi connectivity index (χ0v) is 12.8. The summed E-state index contributed by atoms with van der Waals surface area (Å²) in [5.41, 5.74) is 11.5. The van der Waals surface area contributed by atoms with Crippen molar-refractivity contribution in [2.45, 2.75) is 18.9 Å². The Morgan fingerprint density at radius 1 is 1.30 bits per heavy atom. The molecule has 0 spiro atoms. The number of benzene rings is 1. The van der Waals surface area contributed by atoms with Crippen molar-refractivity contribution in [3.63, 3.8) is 0 Å². The molecule has 2 aromatic heterocycles. The lowest BCUT2D eigenvalue weighted by atomic mass is 9.85. The normalized spacial score (nSPS) is 18.8. The average Bonchev–Trinajstić information content (AvgIpc) is 3.22. The number of aromatic amines is 1. The van der Waals surface area contributed by atoms with E-state index >= 15 is 0 Å². The summed E-state index contributed by atoms with van der Waals surface area (Å²) in [5.74, 6) is 0.612. The first-order chi connectivity index (χ1) is 11.2. The number of hydrogen-bond acceptors (Lipinski definition) is 7. The quantitative estimate of drug-likeness (QED) is 0.575. The monoisotopic (exact) mass is 311 g/mol. The molecule has 0 saturated carbocycles. The van der Waals surface area contributed by atoms with Gasteiger partial charge in [-0.1, -0.05) is 12.1 Å². The van der Waals surface area contributed by atoms with Crippen molar-refractivity contribution >= 4 is 16.9 Å². The molecular weight excluding hydrogens is 294 g/mol. The standard InChI is InChI=1S/C15H17N7O/c1-7(17-2)13-12(16)11(9-6-18-20-15(9)19-13)8-4-3-5-10-14(8)22-23-21-10/h3-7,11,17H,16H2,1-2H3,(H2,18,19,20). The highest BCUT2D eigenvalue weighted by Gasteiger charge is 2.32. The van der Waals surface area contributed by atoms with Crippen LogP contribution in [0.4, 0.5) is 5.82 Å². The van der Waals surface area contributed by atoms with Gasteiger partial charge in [0.1, 0.15) is 11.0 Å². The van der Waals surface area contributed by atoms with Crippen molar-refractivity contribution in [3.8, 4) is 0 Å². The molecule has 0 aliphatic carbocycles. The van der Waals surface area contributed by atoms with Crippen LogP contribution in [0.1, 0.15) is 24.0 Å². The molecule has 1 aliphatic rings. The van der Waals surface area contributed by atoms with E-state index in [0.717, 1.165) is 28.3 Å². The van der Waals surface area contributed by atoms with Crippen molar-refractivity contribution in [1.29, 1.82) is 0 Å². The molecule has 1 aliphatic heterocycles. The highest BCUT2D eigenvalue weighted by atomic mass is 16.6. The topological polar surface area (TPSA) is 118 Å². The summed E-state index contributed by atoms with van der Waals surface area (Å²) in [4.78, 5) is 0. The second kappa shape index (κ2) is 5.10. The molecule has 0 fully saturated rings. The van der Waals surface area contributed by atoms with Crippen LogP contribution >= 0.6 is 0 Å². The van der Waals surface area contributed by atoms with Gasteiger partial charge in [0.25, 0.3) is 0 Å². The highest BCUT2D eigenvalue weighted by molar-refractivity contribution is 5.80. The fourth-order valence-corrected chi connectivity index (χ4v) is 3.04. The van der Waals surface area contributed by atoms with E-state index in [0.29, 0.717) is 11.0 Å². The van der Waals surface area contributed by atoms with Gasteiger partial charge < -0.3 is 16.4 Å². The molecule has 0 bridgehead atoms. The van der Waals surface area contributed by atoms with Crippen molar-refractivity contribution in [2.75, 3.05) is 12.4 Å². The Labute approximate surface area is 132 Å².